The van der Waals surface area contributed by atoms with Crippen molar-refractivity contribution in [1.82, 2.24) is 4.90 Å². The first-order valence-electron chi connectivity index (χ1n) is 9.07. The SMILES string of the molecule is Cc1ccc(N2CC(C(=O)N3CCSC3c3cccc(Cl)c3)CC2=O)cc1. The van der Waals surface area contributed by atoms with Gasteiger partial charge in [0.25, 0.3) is 0 Å². The summed E-state index contributed by atoms with van der Waals surface area (Å²) in [5.41, 5.74) is 3.05. The Hall–Kier alpha value is -1.98. The zero-order chi connectivity index (χ0) is 19.0. The number of rotatable bonds is 3. The van der Waals surface area contributed by atoms with Gasteiger partial charge in [-0.3, -0.25) is 9.59 Å². The van der Waals surface area contributed by atoms with Gasteiger partial charge in [0.1, 0.15) is 5.37 Å². The van der Waals surface area contributed by atoms with Gasteiger partial charge in [-0.1, -0.05) is 41.4 Å². The molecule has 27 heavy (non-hydrogen) atoms. The van der Waals surface area contributed by atoms with Crippen LogP contribution >= 0.6 is 23.4 Å². The molecule has 2 saturated heterocycles. The molecule has 2 aromatic carbocycles. The van der Waals surface area contributed by atoms with Crippen molar-refractivity contribution < 1.29 is 9.59 Å². The maximum atomic E-state index is 13.2. The maximum absolute atomic E-state index is 13.2. The second kappa shape index (κ2) is 7.56. The number of carbonyl (C=O) groups is 2. The molecule has 4 rings (SSSR count). The molecular weight excluding hydrogens is 380 g/mol. The van der Waals surface area contributed by atoms with Crippen LogP contribution in [0.4, 0.5) is 5.69 Å². The molecule has 2 amide bonds. The summed E-state index contributed by atoms with van der Waals surface area (Å²) in [5, 5.41) is 0.647. The third-order valence-corrected chi connectivity index (χ3v) is 6.62. The smallest absolute Gasteiger partial charge is 0.229 e. The molecule has 4 nitrogen and oxygen atoms in total. The fourth-order valence-electron chi connectivity index (χ4n) is 3.71. The summed E-state index contributed by atoms with van der Waals surface area (Å²) >= 11 is 7.88. The van der Waals surface area contributed by atoms with E-state index in [4.69, 9.17) is 11.6 Å². The Bertz CT molecular complexity index is 871. The van der Waals surface area contributed by atoms with Gasteiger partial charge in [0, 0.05) is 36.0 Å². The predicted octanol–water partition coefficient (Wildman–Crippen LogP) is 4.28. The average Bonchev–Trinajstić information content (AvgIpc) is 3.29. The summed E-state index contributed by atoms with van der Waals surface area (Å²) in [4.78, 5) is 29.4. The summed E-state index contributed by atoms with van der Waals surface area (Å²) in [6.07, 6.45) is 0.274. The molecular formula is C21H21ClN2O2S. The van der Waals surface area contributed by atoms with Crippen LogP contribution in [0.15, 0.2) is 48.5 Å². The standard InChI is InChI=1S/C21H21ClN2O2S/c1-14-5-7-18(8-6-14)24-13-16(12-19(24)25)20(26)23-9-10-27-21(23)15-3-2-4-17(22)11-15/h2-8,11,16,21H,9-10,12-13H2,1H3. The van der Waals surface area contributed by atoms with Crippen LogP contribution in [0.2, 0.25) is 5.02 Å². The molecule has 0 aromatic heterocycles. The van der Waals surface area contributed by atoms with Gasteiger partial charge >= 0.3 is 0 Å². The monoisotopic (exact) mass is 400 g/mol. The molecule has 6 heteroatoms. The van der Waals surface area contributed by atoms with Crippen LogP contribution in [0.3, 0.4) is 0 Å². The van der Waals surface area contributed by atoms with Crippen molar-refractivity contribution in [3.63, 3.8) is 0 Å². The average molecular weight is 401 g/mol. The molecule has 0 spiro atoms. The molecule has 2 aliphatic heterocycles. The van der Waals surface area contributed by atoms with Crippen LogP contribution in [0.25, 0.3) is 0 Å². The van der Waals surface area contributed by atoms with Crippen molar-refractivity contribution in [3.05, 3.63) is 64.7 Å². The number of benzene rings is 2. The lowest BCUT2D eigenvalue weighted by Crippen LogP contribution is -2.37. The number of hydrogen-bond acceptors (Lipinski definition) is 3. The lowest BCUT2D eigenvalue weighted by atomic mass is 10.1. The zero-order valence-electron chi connectivity index (χ0n) is 15.1. The van der Waals surface area contributed by atoms with E-state index in [2.05, 4.69) is 0 Å². The number of nitrogens with zero attached hydrogens (tertiary/aromatic N) is 2. The normalized spacial score (nSPS) is 22.5. The minimum atomic E-state index is -0.292. The Morgan fingerprint density at radius 1 is 1.19 bits per heavy atom. The van der Waals surface area contributed by atoms with E-state index < -0.39 is 0 Å². The van der Waals surface area contributed by atoms with Gasteiger partial charge in [0.2, 0.25) is 11.8 Å². The predicted molar refractivity (Wildman–Crippen MR) is 110 cm³/mol. The van der Waals surface area contributed by atoms with E-state index in [-0.39, 0.29) is 29.5 Å². The molecule has 140 valence electrons. The van der Waals surface area contributed by atoms with Crippen LogP contribution in [0.5, 0.6) is 0 Å². The molecule has 2 aromatic rings. The van der Waals surface area contributed by atoms with E-state index in [9.17, 15) is 9.59 Å². The van der Waals surface area contributed by atoms with Gasteiger partial charge in [-0.25, -0.2) is 0 Å². The number of aryl methyl sites for hydroxylation is 1. The summed E-state index contributed by atoms with van der Waals surface area (Å²) in [5.74, 6) is 0.682. The number of thioether (sulfide) groups is 1. The molecule has 2 heterocycles. The first-order valence-corrected chi connectivity index (χ1v) is 10.5. The van der Waals surface area contributed by atoms with E-state index in [0.717, 1.165) is 22.6 Å². The van der Waals surface area contributed by atoms with Crippen molar-refractivity contribution in [3.8, 4) is 0 Å². The highest BCUT2D eigenvalue weighted by Crippen LogP contribution is 2.40. The van der Waals surface area contributed by atoms with Crippen molar-refractivity contribution in [2.45, 2.75) is 18.7 Å². The van der Waals surface area contributed by atoms with Gasteiger partial charge in [-0.15, -0.1) is 11.8 Å². The Morgan fingerprint density at radius 3 is 2.70 bits per heavy atom. The number of amides is 2. The summed E-state index contributed by atoms with van der Waals surface area (Å²) in [6, 6.07) is 15.6. The van der Waals surface area contributed by atoms with Crippen LogP contribution in [0, 0.1) is 12.8 Å². The van der Waals surface area contributed by atoms with Gasteiger partial charge < -0.3 is 9.80 Å². The summed E-state index contributed by atoms with van der Waals surface area (Å²) < 4.78 is 0. The number of hydrogen-bond donors (Lipinski definition) is 0. The zero-order valence-corrected chi connectivity index (χ0v) is 16.7. The van der Waals surface area contributed by atoms with Crippen molar-refractivity contribution >= 4 is 40.9 Å². The fourth-order valence-corrected chi connectivity index (χ4v) is 5.17. The fraction of sp³-hybridized carbons (Fsp3) is 0.333. The second-order valence-corrected chi connectivity index (χ2v) is 8.68. The number of halogens is 1. The molecule has 0 aliphatic carbocycles. The third kappa shape index (κ3) is 3.71. The highest BCUT2D eigenvalue weighted by molar-refractivity contribution is 7.99. The lowest BCUT2D eigenvalue weighted by molar-refractivity contribution is -0.136. The molecule has 0 bridgehead atoms. The summed E-state index contributed by atoms with van der Waals surface area (Å²) in [7, 11) is 0. The number of carbonyl (C=O) groups excluding carboxylic acids is 2. The van der Waals surface area contributed by atoms with Crippen LogP contribution in [0.1, 0.15) is 22.9 Å². The van der Waals surface area contributed by atoms with E-state index in [1.807, 2.05) is 60.4 Å². The lowest BCUT2D eigenvalue weighted by Gasteiger charge is -2.27. The minimum absolute atomic E-state index is 0.0170. The van der Waals surface area contributed by atoms with Gasteiger partial charge in [-0.2, -0.15) is 0 Å². The molecule has 0 N–H and O–H groups in total. The Kier molecular flexibility index (Phi) is 5.15. The second-order valence-electron chi connectivity index (χ2n) is 7.05. The molecule has 2 fully saturated rings. The largest absolute Gasteiger partial charge is 0.325 e. The van der Waals surface area contributed by atoms with E-state index in [1.165, 1.54) is 0 Å². The molecule has 2 aliphatic rings. The first kappa shape index (κ1) is 18.4. The quantitative estimate of drug-likeness (QED) is 0.772. The summed E-state index contributed by atoms with van der Waals surface area (Å²) in [6.45, 7) is 3.17. The first-order chi connectivity index (χ1) is 13.0. The maximum Gasteiger partial charge on any atom is 0.229 e. The van der Waals surface area contributed by atoms with E-state index >= 15 is 0 Å². The van der Waals surface area contributed by atoms with Gasteiger partial charge in [0.05, 0.1) is 5.92 Å². The van der Waals surface area contributed by atoms with Gasteiger partial charge in [0.15, 0.2) is 0 Å². The van der Waals surface area contributed by atoms with Crippen LogP contribution in [-0.4, -0.2) is 35.6 Å². The van der Waals surface area contributed by atoms with Crippen LogP contribution in [-0.2, 0) is 9.59 Å². The minimum Gasteiger partial charge on any atom is -0.325 e. The van der Waals surface area contributed by atoms with Crippen LogP contribution < -0.4 is 4.90 Å². The van der Waals surface area contributed by atoms with Crippen molar-refractivity contribution in [2.75, 3.05) is 23.7 Å². The topological polar surface area (TPSA) is 40.6 Å². The Labute approximate surface area is 168 Å². The van der Waals surface area contributed by atoms with Crippen molar-refractivity contribution in [2.24, 2.45) is 5.92 Å². The third-order valence-electron chi connectivity index (χ3n) is 5.13. The number of anilines is 1. The molecule has 2 atom stereocenters. The van der Waals surface area contributed by atoms with Gasteiger partial charge in [-0.05, 0) is 36.8 Å². The van der Waals surface area contributed by atoms with Crippen molar-refractivity contribution in [1.29, 1.82) is 0 Å². The highest BCUT2D eigenvalue weighted by Gasteiger charge is 2.40. The molecule has 0 saturated carbocycles. The van der Waals surface area contributed by atoms with E-state index in [1.54, 1.807) is 16.7 Å². The molecule has 0 radical (unpaired) electrons. The molecule has 2 unspecified atom stereocenters. The Balaban J connectivity index is 1.51. The Morgan fingerprint density at radius 2 is 1.96 bits per heavy atom. The van der Waals surface area contributed by atoms with E-state index in [0.29, 0.717) is 18.1 Å². The highest BCUT2D eigenvalue weighted by atomic mass is 35.5.